The molecule has 0 saturated carbocycles. The average Bonchev–Trinajstić information content (AvgIpc) is 2.75. The Labute approximate surface area is 109 Å². The third-order valence-corrected chi connectivity index (χ3v) is 3.46. The Hall–Kier alpha value is -1.76. The van der Waals surface area contributed by atoms with Crippen LogP contribution in [0, 0.1) is 6.92 Å². The molecule has 0 fully saturated rings. The summed E-state index contributed by atoms with van der Waals surface area (Å²) in [4.78, 5) is 29.8. The van der Waals surface area contributed by atoms with Crippen molar-refractivity contribution in [3.05, 3.63) is 16.1 Å². The SMILES string of the molecule is Cc1ncc(CN(C)C(=O)C2=NNC(=O)CC2)s1. The second-order valence-corrected chi connectivity index (χ2v) is 5.42. The van der Waals surface area contributed by atoms with Crippen molar-refractivity contribution in [2.75, 3.05) is 7.05 Å². The maximum absolute atomic E-state index is 12.0. The summed E-state index contributed by atoms with van der Waals surface area (Å²) >= 11 is 1.57. The standard InChI is InChI=1S/C11H14N4O2S/c1-7-12-5-8(18-7)6-15(2)11(17)9-3-4-10(16)14-13-9/h5H,3-4,6H2,1-2H3,(H,14,16). The van der Waals surface area contributed by atoms with Crippen LogP contribution in [0.25, 0.3) is 0 Å². The molecule has 0 aliphatic carbocycles. The molecule has 1 aromatic rings. The lowest BCUT2D eigenvalue weighted by molar-refractivity contribution is -0.124. The van der Waals surface area contributed by atoms with Crippen LogP contribution >= 0.6 is 11.3 Å². The Bertz CT molecular complexity index is 509. The zero-order valence-corrected chi connectivity index (χ0v) is 11.1. The van der Waals surface area contributed by atoms with Crippen LogP contribution in [0.15, 0.2) is 11.3 Å². The van der Waals surface area contributed by atoms with Gasteiger partial charge in [0.05, 0.1) is 11.6 Å². The molecule has 0 spiro atoms. The molecule has 2 rings (SSSR count). The number of nitrogens with one attached hydrogen (secondary N) is 1. The van der Waals surface area contributed by atoms with Crippen molar-refractivity contribution in [2.24, 2.45) is 5.10 Å². The Morgan fingerprint density at radius 1 is 1.56 bits per heavy atom. The number of thiazole rings is 1. The first-order valence-electron chi connectivity index (χ1n) is 5.58. The normalized spacial score (nSPS) is 15.0. The molecule has 0 atom stereocenters. The van der Waals surface area contributed by atoms with Gasteiger partial charge in [-0.1, -0.05) is 0 Å². The molecule has 0 bridgehead atoms. The first-order valence-corrected chi connectivity index (χ1v) is 6.40. The van der Waals surface area contributed by atoms with E-state index in [-0.39, 0.29) is 11.8 Å². The van der Waals surface area contributed by atoms with Crippen LogP contribution in [0.1, 0.15) is 22.7 Å². The number of nitrogens with zero attached hydrogens (tertiary/aromatic N) is 3. The summed E-state index contributed by atoms with van der Waals surface area (Å²) in [5.74, 6) is -0.298. The van der Waals surface area contributed by atoms with Gasteiger partial charge in [-0.25, -0.2) is 10.4 Å². The first kappa shape index (κ1) is 12.7. The maximum atomic E-state index is 12.0. The number of hydrogen-bond acceptors (Lipinski definition) is 5. The number of hydrogen-bond donors (Lipinski definition) is 1. The molecule has 96 valence electrons. The van der Waals surface area contributed by atoms with Gasteiger partial charge in [-0.05, 0) is 6.92 Å². The molecule has 1 N–H and O–H groups in total. The van der Waals surface area contributed by atoms with Crippen LogP contribution in [-0.4, -0.2) is 34.5 Å². The molecule has 0 aromatic carbocycles. The molecule has 7 heteroatoms. The van der Waals surface area contributed by atoms with E-state index in [4.69, 9.17) is 0 Å². The van der Waals surface area contributed by atoms with E-state index >= 15 is 0 Å². The van der Waals surface area contributed by atoms with Crippen molar-refractivity contribution in [3.63, 3.8) is 0 Å². The van der Waals surface area contributed by atoms with Gasteiger partial charge in [0.25, 0.3) is 5.91 Å². The summed E-state index contributed by atoms with van der Waals surface area (Å²) in [6.45, 7) is 2.44. The smallest absolute Gasteiger partial charge is 0.270 e. The van der Waals surface area contributed by atoms with E-state index in [0.29, 0.717) is 25.1 Å². The summed E-state index contributed by atoms with van der Waals surface area (Å²) in [7, 11) is 1.72. The highest BCUT2D eigenvalue weighted by Gasteiger charge is 2.21. The maximum Gasteiger partial charge on any atom is 0.270 e. The lowest BCUT2D eigenvalue weighted by Gasteiger charge is -2.18. The summed E-state index contributed by atoms with van der Waals surface area (Å²) in [5.41, 5.74) is 2.73. The quantitative estimate of drug-likeness (QED) is 0.874. The fourth-order valence-corrected chi connectivity index (χ4v) is 2.48. The van der Waals surface area contributed by atoms with Gasteiger partial charge in [-0.15, -0.1) is 11.3 Å². The van der Waals surface area contributed by atoms with Crippen molar-refractivity contribution in [1.82, 2.24) is 15.3 Å². The van der Waals surface area contributed by atoms with Gasteiger partial charge in [0.1, 0.15) is 5.71 Å². The summed E-state index contributed by atoms with van der Waals surface area (Å²) < 4.78 is 0. The summed E-state index contributed by atoms with van der Waals surface area (Å²) in [6, 6.07) is 0. The minimum Gasteiger partial charge on any atom is -0.335 e. The van der Waals surface area contributed by atoms with Gasteiger partial charge in [0.15, 0.2) is 0 Å². The number of hydrazone groups is 1. The molecule has 1 aromatic heterocycles. The Kier molecular flexibility index (Phi) is 3.71. The van der Waals surface area contributed by atoms with Crippen LogP contribution < -0.4 is 5.43 Å². The fourth-order valence-electron chi connectivity index (χ4n) is 1.63. The zero-order valence-electron chi connectivity index (χ0n) is 10.3. The summed E-state index contributed by atoms with van der Waals surface area (Å²) in [6.07, 6.45) is 2.49. The van der Waals surface area contributed by atoms with Gasteiger partial charge in [0.2, 0.25) is 5.91 Å². The molecule has 2 amide bonds. The number of aromatic nitrogens is 1. The highest BCUT2D eigenvalue weighted by molar-refractivity contribution is 7.11. The summed E-state index contributed by atoms with van der Waals surface area (Å²) in [5, 5.41) is 4.77. The van der Waals surface area contributed by atoms with Gasteiger partial charge < -0.3 is 4.90 Å². The molecule has 0 saturated heterocycles. The molecular weight excluding hydrogens is 252 g/mol. The van der Waals surface area contributed by atoms with Crippen molar-refractivity contribution >= 4 is 28.9 Å². The van der Waals surface area contributed by atoms with Crippen LogP contribution in [0.4, 0.5) is 0 Å². The molecule has 0 unspecified atom stereocenters. The first-order chi connectivity index (χ1) is 8.56. The van der Waals surface area contributed by atoms with E-state index in [2.05, 4.69) is 15.5 Å². The minimum atomic E-state index is -0.152. The molecular formula is C11H14N4O2S. The Balaban J connectivity index is 1.98. The topological polar surface area (TPSA) is 74.7 Å². The van der Waals surface area contributed by atoms with E-state index in [0.717, 1.165) is 9.88 Å². The molecule has 2 heterocycles. The van der Waals surface area contributed by atoms with Crippen LogP contribution in [0.2, 0.25) is 0 Å². The van der Waals surface area contributed by atoms with E-state index < -0.39 is 0 Å². The van der Waals surface area contributed by atoms with Crippen LogP contribution in [0.3, 0.4) is 0 Å². The number of carbonyl (C=O) groups excluding carboxylic acids is 2. The predicted octanol–water partition coefficient (Wildman–Crippen LogP) is 0.676. The third kappa shape index (κ3) is 2.92. The average molecular weight is 266 g/mol. The van der Waals surface area contributed by atoms with Crippen molar-refractivity contribution in [2.45, 2.75) is 26.3 Å². The highest BCUT2D eigenvalue weighted by atomic mass is 32.1. The molecule has 6 nitrogen and oxygen atoms in total. The second kappa shape index (κ2) is 5.26. The van der Waals surface area contributed by atoms with Crippen LogP contribution in [-0.2, 0) is 16.1 Å². The van der Waals surface area contributed by atoms with Gasteiger partial charge in [0, 0.05) is 31.0 Å². The largest absolute Gasteiger partial charge is 0.335 e. The Morgan fingerprint density at radius 2 is 2.33 bits per heavy atom. The molecule has 1 aliphatic rings. The van der Waals surface area contributed by atoms with E-state index in [1.807, 2.05) is 6.92 Å². The van der Waals surface area contributed by atoms with Crippen molar-refractivity contribution < 1.29 is 9.59 Å². The lowest BCUT2D eigenvalue weighted by atomic mass is 10.1. The molecule has 18 heavy (non-hydrogen) atoms. The molecule has 0 radical (unpaired) electrons. The predicted molar refractivity (Wildman–Crippen MR) is 68.1 cm³/mol. The fraction of sp³-hybridized carbons (Fsp3) is 0.455. The second-order valence-electron chi connectivity index (χ2n) is 4.10. The lowest BCUT2D eigenvalue weighted by Crippen LogP contribution is -2.37. The van der Waals surface area contributed by atoms with Gasteiger partial charge in [-0.3, -0.25) is 9.59 Å². The highest BCUT2D eigenvalue weighted by Crippen LogP contribution is 2.14. The number of amides is 2. The van der Waals surface area contributed by atoms with Crippen molar-refractivity contribution in [3.8, 4) is 0 Å². The third-order valence-electron chi connectivity index (χ3n) is 2.56. The van der Waals surface area contributed by atoms with Gasteiger partial charge >= 0.3 is 0 Å². The number of aryl methyl sites for hydroxylation is 1. The van der Waals surface area contributed by atoms with Gasteiger partial charge in [-0.2, -0.15) is 5.10 Å². The van der Waals surface area contributed by atoms with Crippen molar-refractivity contribution in [1.29, 1.82) is 0 Å². The van der Waals surface area contributed by atoms with Crippen LogP contribution in [0.5, 0.6) is 0 Å². The Morgan fingerprint density at radius 3 is 2.89 bits per heavy atom. The number of carbonyl (C=O) groups is 2. The van der Waals surface area contributed by atoms with E-state index in [1.165, 1.54) is 0 Å². The molecule has 1 aliphatic heterocycles. The minimum absolute atomic E-state index is 0.146. The zero-order chi connectivity index (χ0) is 13.1. The van der Waals surface area contributed by atoms with E-state index in [1.54, 1.807) is 29.5 Å². The van der Waals surface area contributed by atoms with E-state index in [9.17, 15) is 9.59 Å². The monoisotopic (exact) mass is 266 g/mol. The number of rotatable bonds is 3.